The number of hydrogen-bond acceptors (Lipinski definition) is 5. The van der Waals surface area contributed by atoms with Gasteiger partial charge in [-0.05, 0) is 19.3 Å². The SMILES string of the molecule is CCOC(=O)[C@H](CC(C)C)NN=C=O. The lowest BCUT2D eigenvalue weighted by atomic mass is 10.0. The Morgan fingerprint density at radius 2 is 2.21 bits per heavy atom. The number of nitrogens with one attached hydrogen (secondary N) is 1. The van der Waals surface area contributed by atoms with E-state index in [-0.39, 0.29) is 5.97 Å². The molecule has 0 spiro atoms. The molecule has 0 saturated heterocycles. The van der Waals surface area contributed by atoms with E-state index < -0.39 is 6.04 Å². The van der Waals surface area contributed by atoms with Crippen molar-refractivity contribution < 1.29 is 14.3 Å². The average molecular weight is 200 g/mol. The molecule has 0 aliphatic rings. The molecule has 0 bridgehead atoms. The Kier molecular flexibility index (Phi) is 6.41. The molecule has 0 aromatic carbocycles. The minimum absolute atomic E-state index is 0.318. The standard InChI is InChI=1S/C9H16N2O3/c1-4-14-9(13)8(5-7(2)3)11-10-6-12/h7-8,11H,4-5H2,1-3H3/t8-/m0/s1. The van der Waals surface area contributed by atoms with E-state index in [9.17, 15) is 9.59 Å². The van der Waals surface area contributed by atoms with Crippen LogP contribution in [0.3, 0.4) is 0 Å². The lowest BCUT2D eigenvalue weighted by Gasteiger charge is -2.15. The summed E-state index contributed by atoms with van der Waals surface area (Å²) in [5.74, 6) is -0.0704. The van der Waals surface area contributed by atoms with Crippen LogP contribution in [0.5, 0.6) is 0 Å². The smallest absolute Gasteiger partial charge is 0.330 e. The van der Waals surface area contributed by atoms with E-state index in [4.69, 9.17) is 4.74 Å². The first-order chi connectivity index (χ1) is 6.61. The highest BCUT2D eigenvalue weighted by Gasteiger charge is 2.20. The molecule has 14 heavy (non-hydrogen) atoms. The van der Waals surface area contributed by atoms with Gasteiger partial charge in [0.15, 0.2) is 0 Å². The summed E-state index contributed by atoms with van der Waals surface area (Å²) in [6.45, 7) is 5.99. The second-order valence-electron chi connectivity index (χ2n) is 3.27. The van der Waals surface area contributed by atoms with Gasteiger partial charge in [-0.3, -0.25) is 5.43 Å². The van der Waals surface area contributed by atoms with Crippen molar-refractivity contribution in [2.24, 2.45) is 11.0 Å². The maximum Gasteiger partial charge on any atom is 0.330 e. The van der Waals surface area contributed by atoms with Gasteiger partial charge in [0.1, 0.15) is 6.04 Å². The minimum Gasteiger partial charge on any atom is -0.464 e. The second kappa shape index (κ2) is 7.09. The van der Waals surface area contributed by atoms with Gasteiger partial charge in [0, 0.05) is 0 Å². The Hall–Kier alpha value is -1.35. The third-order valence-electron chi connectivity index (χ3n) is 1.54. The first kappa shape index (κ1) is 12.7. The lowest BCUT2D eigenvalue weighted by Crippen LogP contribution is -2.36. The molecule has 5 heteroatoms. The molecule has 0 aromatic heterocycles. The quantitative estimate of drug-likeness (QED) is 0.298. The summed E-state index contributed by atoms with van der Waals surface area (Å²) in [5, 5.41) is 3.17. The van der Waals surface area contributed by atoms with Crippen molar-refractivity contribution in [3.05, 3.63) is 0 Å². The van der Waals surface area contributed by atoms with Crippen molar-refractivity contribution >= 4 is 12.0 Å². The highest BCUT2D eigenvalue weighted by Crippen LogP contribution is 2.06. The normalized spacial score (nSPS) is 11.7. The maximum atomic E-state index is 11.3. The van der Waals surface area contributed by atoms with Gasteiger partial charge >= 0.3 is 5.97 Å². The molecule has 1 N–H and O–H groups in total. The average Bonchev–Trinajstić information content (AvgIpc) is 2.12. The highest BCUT2D eigenvalue weighted by atomic mass is 16.5. The van der Waals surface area contributed by atoms with Gasteiger partial charge in [-0.25, -0.2) is 9.59 Å². The summed E-state index contributed by atoms with van der Waals surface area (Å²) in [7, 11) is 0. The molecule has 0 rings (SSSR count). The number of esters is 1. The Morgan fingerprint density at radius 3 is 2.64 bits per heavy atom. The topological polar surface area (TPSA) is 67.8 Å². The predicted molar refractivity (Wildman–Crippen MR) is 51.1 cm³/mol. The zero-order valence-corrected chi connectivity index (χ0v) is 8.74. The molecule has 0 saturated carbocycles. The monoisotopic (exact) mass is 200 g/mol. The van der Waals surface area contributed by atoms with E-state index in [0.717, 1.165) is 0 Å². The molecule has 0 heterocycles. The Bertz CT molecular complexity index is 222. The van der Waals surface area contributed by atoms with Gasteiger partial charge in [0.25, 0.3) is 6.08 Å². The number of carbonyl (C=O) groups is 1. The molecule has 0 amide bonds. The van der Waals surface area contributed by atoms with E-state index >= 15 is 0 Å². The van der Waals surface area contributed by atoms with Crippen molar-refractivity contribution in [2.45, 2.75) is 33.2 Å². The highest BCUT2D eigenvalue weighted by molar-refractivity contribution is 5.75. The predicted octanol–water partition coefficient (Wildman–Crippen LogP) is 0.805. The first-order valence-corrected chi connectivity index (χ1v) is 4.60. The summed E-state index contributed by atoms with van der Waals surface area (Å²) in [6, 6.07) is -0.559. The van der Waals surface area contributed by atoms with Crippen LogP contribution < -0.4 is 5.43 Å². The number of nitrogens with zero attached hydrogens (tertiary/aromatic N) is 1. The summed E-state index contributed by atoms with van der Waals surface area (Å²) in [4.78, 5) is 21.2. The molecule has 5 nitrogen and oxygen atoms in total. The number of hydrazone groups is 1. The number of rotatable bonds is 6. The second-order valence-corrected chi connectivity index (χ2v) is 3.27. The lowest BCUT2D eigenvalue weighted by molar-refractivity contribution is -0.146. The minimum atomic E-state index is -0.559. The molecule has 0 unspecified atom stereocenters. The third-order valence-corrected chi connectivity index (χ3v) is 1.54. The molecule has 0 aliphatic heterocycles. The van der Waals surface area contributed by atoms with Crippen molar-refractivity contribution in [2.75, 3.05) is 6.61 Å². The Balaban J connectivity index is 4.21. The molecule has 80 valence electrons. The fourth-order valence-corrected chi connectivity index (χ4v) is 1.02. The van der Waals surface area contributed by atoms with Crippen molar-refractivity contribution in [1.29, 1.82) is 0 Å². The van der Waals surface area contributed by atoms with Crippen LogP contribution in [0, 0.1) is 5.92 Å². The van der Waals surface area contributed by atoms with Gasteiger partial charge in [-0.1, -0.05) is 18.9 Å². The van der Waals surface area contributed by atoms with Crippen LogP contribution in [0.1, 0.15) is 27.2 Å². The van der Waals surface area contributed by atoms with Gasteiger partial charge in [-0.15, -0.1) is 0 Å². The van der Waals surface area contributed by atoms with Crippen LogP contribution in [-0.4, -0.2) is 24.7 Å². The molecule has 0 aliphatic carbocycles. The molecular formula is C9H16N2O3. The van der Waals surface area contributed by atoms with Crippen molar-refractivity contribution in [3.8, 4) is 0 Å². The van der Waals surface area contributed by atoms with Crippen LogP contribution in [0.15, 0.2) is 5.10 Å². The van der Waals surface area contributed by atoms with Gasteiger partial charge < -0.3 is 4.74 Å². The Morgan fingerprint density at radius 1 is 1.57 bits per heavy atom. The molecule has 0 aromatic rings. The Labute approximate surface area is 83.5 Å². The van der Waals surface area contributed by atoms with Gasteiger partial charge in [0.05, 0.1) is 6.61 Å². The number of isocyanates is 1. The molecular weight excluding hydrogens is 184 g/mol. The van der Waals surface area contributed by atoms with E-state index in [1.165, 1.54) is 6.08 Å². The van der Waals surface area contributed by atoms with Crippen LogP contribution in [0.4, 0.5) is 0 Å². The van der Waals surface area contributed by atoms with E-state index in [0.29, 0.717) is 18.9 Å². The zero-order valence-electron chi connectivity index (χ0n) is 8.74. The number of carbonyl (C=O) groups excluding carboxylic acids is 2. The van der Waals surface area contributed by atoms with E-state index in [1.807, 2.05) is 13.8 Å². The molecule has 1 atom stereocenters. The van der Waals surface area contributed by atoms with Crippen molar-refractivity contribution in [3.63, 3.8) is 0 Å². The summed E-state index contributed by atoms with van der Waals surface area (Å²) in [6.07, 6.45) is 1.90. The number of ether oxygens (including phenoxy) is 1. The molecule has 0 fully saturated rings. The number of hydrogen-bond donors (Lipinski definition) is 1. The van der Waals surface area contributed by atoms with Crippen LogP contribution in [0.25, 0.3) is 0 Å². The summed E-state index contributed by atoms with van der Waals surface area (Å²) in [5.41, 5.74) is 2.41. The first-order valence-electron chi connectivity index (χ1n) is 4.60. The third kappa shape index (κ3) is 5.32. The van der Waals surface area contributed by atoms with E-state index in [2.05, 4.69) is 10.5 Å². The van der Waals surface area contributed by atoms with Gasteiger partial charge in [-0.2, -0.15) is 0 Å². The zero-order chi connectivity index (χ0) is 11.0. The van der Waals surface area contributed by atoms with Crippen LogP contribution in [0.2, 0.25) is 0 Å². The largest absolute Gasteiger partial charge is 0.464 e. The maximum absolute atomic E-state index is 11.3. The summed E-state index contributed by atoms with van der Waals surface area (Å²) < 4.78 is 4.81. The fraction of sp³-hybridized carbons (Fsp3) is 0.778. The van der Waals surface area contributed by atoms with E-state index in [1.54, 1.807) is 6.92 Å². The van der Waals surface area contributed by atoms with Crippen molar-refractivity contribution in [1.82, 2.24) is 5.43 Å². The summed E-state index contributed by atoms with van der Waals surface area (Å²) >= 11 is 0. The molecule has 0 radical (unpaired) electrons. The van der Waals surface area contributed by atoms with Crippen LogP contribution in [-0.2, 0) is 14.3 Å². The van der Waals surface area contributed by atoms with Crippen LogP contribution >= 0.6 is 0 Å². The van der Waals surface area contributed by atoms with Gasteiger partial charge in [0.2, 0.25) is 0 Å². The fourth-order valence-electron chi connectivity index (χ4n) is 1.02.